The number of Topliss-reactive ketones (excluding diaryl/α,β-unsaturated/α-hetero) is 1. The Morgan fingerprint density at radius 3 is 2.43 bits per heavy atom. The minimum atomic E-state index is -2.61. The third-order valence-electron chi connectivity index (χ3n) is 24.2. The van der Waals surface area contributed by atoms with Gasteiger partial charge in [-0.3, -0.25) is 44.2 Å². The van der Waals surface area contributed by atoms with Crippen molar-refractivity contribution in [3.63, 3.8) is 0 Å². The van der Waals surface area contributed by atoms with Crippen LogP contribution in [-0.2, 0) is 90.8 Å². The van der Waals surface area contributed by atoms with E-state index in [9.17, 15) is 64.5 Å². The number of carboxylic acid groups (broad SMARTS) is 1. The number of aliphatic hydroxyl groups excluding tert-OH is 4. The molecule has 3 amide bonds. The lowest BCUT2D eigenvalue weighted by Crippen LogP contribution is -2.82. The molecule has 1 spiro atoms. The predicted octanol–water partition coefficient (Wildman–Crippen LogP) is 0.945. The van der Waals surface area contributed by atoms with E-state index in [0.717, 1.165) is 38.9 Å². The normalized spacial score (nSPS) is 28.5. The van der Waals surface area contributed by atoms with Gasteiger partial charge in [0.2, 0.25) is 11.9 Å². The summed E-state index contributed by atoms with van der Waals surface area (Å²) >= 11 is 0. The van der Waals surface area contributed by atoms with E-state index in [-0.39, 0.29) is 86.5 Å². The summed E-state index contributed by atoms with van der Waals surface area (Å²) in [5.74, 6) is -3.42. The number of nitrogen functional groups attached to an aromatic ring is 1. The molecule has 38 heteroatoms. The molecule has 3 unspecified atom stereocenters. The highest BCUT2D eigenvalue weighted by Crippen LogP contribution is 2.68. The number of hydrogen-bond acceptors (Lipinski definition) is 31. The molecule has 0 radical (unpaired) electrons. The molecular formula is C78H95N15O21S2. The smallest absolute Gasteiger partial charge is 0.426 e. The van der Waals surface area contributed by atoms with Crippen molar-refractivity contribution < 1.29 is 97.8 Å². The summed E-state index contributed by atoms with van der Waals surface area (Å²) in [6.07, 6.45) is -0.984. The van der Waals surface area contributed by atoms with Gasteiger partial charge in [0.25, 0.3) is 17.9 Å². The predicted molar refractivity (Wildman–Crippen MR) is 417 cm³/mol. The number of fused-ring (bicyclic) bond motifs is 7. The highest BCUT2D eigenvalue weighted by Gasteiger charge is 2.79. The molecule has 620 valence electrons. The number of aryl methyl sites for hydroxylation is 2. The number of carboxylic acids is 1. The molecule has 4 fully saturated rings. The number of likely N-dealkylation sites (N-methyl/N-ethyl adjacent to an activating group) is 1. The Morgan fingerprint density at radius 2 is 1.68 bits per heavy atom. The van der Waals surface area contributed by atoms with Gasteiger partial charge in [0.05, 0.1) is 60.8 Å². The number of benzene rings is 3. The number of ether oxygens (including phenoxy) is 5. The van der Waals surface area contributed by atoms with Crippen LogP contribution in [-0.4, -0.2) is 273 Å². The lowest BCUT2D eigenvalue weighted by atomic mass is 9.47. The average molecular weight is 1640 g/mol. The molecule has 4 aromatic heterocycles. The van der Waals surface area contributed by atoms with Crippen molar-refractivity contribution in [3.05, 3.63) is 140 Å². The first-order valence-corrected chi connectivity index (χ1v) is 40.9. The molecule has 14 N–H and O–H groups in total. The van der Waals surface area contributed by atoms with Crippen molar-refractivity contribution in [2.24, 2.45) is 17.3 Å². The number of methoxy groups -OCH3 is 1. The second-order valence-electron chi connectivity index (χ2n) is 30.7. The first-order valence-electron chi connectivity index (χ1n) is 38.4. The number of ketones is 1. The van der Waals surface area contributed by atoms with Gasteiger partial charge in [-0.05, 0) is 92.7 Å². The molecule has 2 bridgehead atoms. The van der Waals surface area contributed by atoms with E-state index in [0.29, 0.717) is 125 Å². The number of aliphatic carboxylic acids is 1. The Labute approximate surface area is 672 Å². The molecule has 36 nitrogen and oxygen atoms in total. The summed E-state index contributed by atoms with van der Waals surface area (Å²) in [4.78, 5) is 136. The standard InChI is InChI=1S/C77H95N15O19S2.CO2/c1-5-73(105)34-43-35-75(40-108-41-93,61-49(18-23-90(37-43)39-73)48-10-7-8-11-52(48)82-61)51-32-50-53(33-55(51)107-4)89(3)68-76(50)20-24-91-22-9-19-74(6-2,67(76)91)69(102)77(68,106)70(103)86-87-72(104)110-27-29-113-112-28-21-79-63(98)45(30-47-38-92(88-85-47)25-26-109-66-59(97)57(95)58(96)60(111-66)65(100)101)31-54(94)44-15-12-42(13-16-44)14-17-46-36-80-62-56(81-46)64(99)84-71(78)83-62;2-1-3/h7-13,15-16,19,32-33,36,38,41,43,45,57-60,66-69,82,95-97,102,105-106H,5-6,14,17-18,20-31,34-35,37,39-40H2,1-4H3,(H,79,98)(H,86,103)(H,87,104)(H,100,101)(H3,78,80,83,84,99);/t43-,45-,57+,58+,59?,60?,66-,67+,68-,69-,73+,74-,75+,76-,77+;/m1./s1. The van der Waals surface area contributed by atoms with E-state index in [1.54, 1.807) is 38.4 Å². The molecule has 3 aromatic carbocycles. The van der Waals surface area contributed by atoms with Crippen molar-refractivity contribution in [2.75, 3.05) is 95.4 Å². The van der Waals surface area contributed by atoms with Crippen molar-refractivity contribution in [2.45, 2.75) is 156 Å². The highest BCUT2D eigenvalue weighted by atomic mass is 33.1. The minimum Gasteiger partial charge on any atom is -0.496 e. The largest absolute Gasteiger partial charge is 0.496 e. The van der Waals surface area contributed by atoms with Crippen LogP contribution in [0, 0.1) is 17.3 Å². The van der Waals surface area contributed by atoms with E-state index in [4.69, 9.17) is 39.0 Å². The Morgan fingerprint density at radius 1 is 0.905 bits per heavy atom. The molecule has 7 aliphatic rings. The monoisotopic (exact) mass is 1640 g/mol. The van der Waals surface area contributed by atoms with Crippen LogP contribution in [0.25, 0.3) is 22.1 Å². The molecule has 1 aliphatic carbocycles. The molecule has 116 heavy (non-hydrogen) atoms. The van der Waals surface area contributed by atoms with Gasteiger partial charge in [-0.15, -0.1) is 5.10 Å². The number of anilines is 2. The lowest BCUT2D eigenvalue weighted by Gasteiger charge is -2.63. The van der Waals surface area contributed by atoms with Gasteiger partial charge < -0.3 is 80.4 Å². The van der Waals surface area contributed by atoms with Gasteiger partial charge >= 0.3 is 18.2 Å². The summed E-state index contributed by atoms with van der Waals surface area (Å²) in [6.45, 7) is 7.16. The zero-order valence-corrected chi connectivity index (χ0v) is 65.9. The average Bonchev–Trinajstić information content (AvgIpc) is 1.47. The van der Waals surface area contributed by atoms with Gasteiger partial charge in [-0.2, -0.15) is 14.6 Å². The Balaban J connectivity index is 0.00000384. The van der Waals surface area contributed by atoms with E-state index in [2.05, 4.69) is 73.3 Å². The van der Waals surface area contributed by atoms with Gasteiger partial charge in [-0.25, -0.2) is 29.7 Å². The van der Waals surface area contributed by atoms with Crippen LogP contribution in [0.3, 0.4) is 0 Å². The number of hydrogen-bond donors (Lipinski definition) is 13. The fourth-order valence-corrected chi connectivity index (χ4v) is 20.8. The number of carbonyl (C=O) groups excluding carboxylic acids is 7. The van der Waals surface area contributed by atoms with Crippen LogP contribution in [0.4, 0.5) is 16.4 Å². The lowest BCUT2D eigenvalue weighted by molar-refractivity contribution is -0.294. The number of nitrogens with one attached hydrogen (secondary N) is 5. The van der Waals surface area contributed by atoms with Crippen molar-refractivity contribution in [1.82, 2.24) is 65.9 Å². The number of nitrogens with zero attached hydrogens (tertiary/aromatic N) is 9. The molecule has 3 saturated heterocycles. The summed E-state index contributed by atoms with van der Waals surface area (Å²) in [5, 5.41) is 91.4. The highest BCUT2D eigenvalue weighted by molar-refractivity contribution is 8.76. The SMILES string of the molecule is CC[C@]1(O)C[C@H]2CN(CCc3c([nH]c4ccccc34)[C@@](COC=O)(c3cc4c(cc3OC)N(C)[C@H]3[C@@](O)(C(=O)NNC(=O)OCCSSCCNC(=O)[C@@H](CC(=O)c5ccc(CCc6cnc7nc(N)[nH]c(=O)c7n6)cc5)Cc5cn(CCO[C@@H]6OC(C(=O)O)[C@@H](O)[C@H](O)C6O)nn5)[C@H](O)[C@]5(CC)C=CCN6CC[C@]43[C@@H]65)C2)C1.O=C=O. The number of aromatic nitrogens is 8. The number of H-pyrrole nitrogens is 2. The number of para-hydroxylation sites is 1. The summed E-state index contributed by atoms with van der Waals surface area (Å²) in [6, 6.07) is 17.5. The van der Waals surface area contributed by atoms with E-state index in [1.165, 1.54) is 38.7 Å². The Kier molecular flexibility index (Phi) is 25.5. The third-order valence-corrected chi connectivity index (χ3v) is 26.5. The second kappa shape index (κ2) is 35.2. The van der Waals surface area contributed by atoms with Crippen molar-refractivity contribution in [1.29, 1.82) is 0 Å². The molecule has 14 rings (SSSR count). The van der Waals surface area contributed by atoms with Crippen LogP contribution in [0.1, 0.15) is 102 Å². The molecule has 1 saturated carbocycles. The number of aromatic amines is 2. The topological polar surface area (TPSA) is 514 Å². The van der Waals surface area contributed by atoms with Crippen molar-refractivity contribution in [3.8, 4) is 5.75 Å². The van der Waals surface area contributed by atoms with Gasteiger partial charge in [0.15, 0.2) is 34.9 Å². The maximum absolute atomic E-state index is 15.3. The fourth-order valence-electron chi connectivity index (χ4n) is 19.0. The first-order chi connectivity index (χ1) is 55.7. The van der Waals surface area contributed by atoms with Crippen LogP contribution in [0.5, 0.6) is 5.75 Å². The van der Waals surface area contributed by atoms with Gasteiger partial charge in [0, 0.05) is 127 Å². The van der Waals surface area contributed by atoms with Crippen LogP contribution < -0.4 is 37.1 Å². The van der Waals surface area contributed by atoms with E-state index in [1.807, 2.05) is 55.2 Å². The van der Waals surface area contributed by atoms with E-state index >= 15 is 4.79 Å². The minimum absolute atomic E-state index is 0.00821. The van der Waals surface area contributed by atoms with Gasteiger partial charge in [-0.1, -0.05) is 95.3 Å². The number of rotatable bonds is 29. The van der Waals surface area contributed by atoms with Crippen molar-refractivity contribution >= 4 is 97.6 Å². The zero-order chi connectivity index (χ0) is 82.6. The summed E-state index contributed by atoms with van der Waals surface area (Å²) in [5.41, 5.74) is 10.3. The second-order valence-corrected chi connectivity index (χ2v) is 33.4. The molecule has 16 atom stereocenters. The molecule has 10 heterocycles. The summed E-state index contributed by atoms with van der Waals surface area (Å²) < 4.78 is 30.2. The Bertz CT molecular complexity index is 4930. The van der Waals surface area contributed by atoms with E-state index < -0.39 is 112 Å². The first kappa shape index (κ1) is 84.1. The number of nitrogens with two attached hydrogens (primary N) is 1. The zero-order valence-electron chi connectivity index (χ0n) is 64.3. The van der Waals surface area contributed by atoms with Gasteiger partial charge in [0.1, 0.15) is 43.4 Å². The third kappa shape index (κ3) is 16.1. The van der Waals surface area contributed by atoms with Crippen LogP contribution in [0.15, 0.2) is 90.0 Å². The number of amides is 3. The Hall–Kier alpha value is -9.80. The number of carbonyl (C=O) groups is 6. The maximum atomic E-state index is 15.3. The maximum Gasteiger partial charge on any atom is 0.426 e. The van der Waals surface area contributed by atoms with Crippen LogP contribution >= 0.6 is 21.6 Å². The number of aliphatic hydroxyl groups is 6. The number of piperidine rings is 1. The number of hydrazine groups is 1. The quantitative estimate of drug-likeness (QED) is 0.00775. The molecule has 7 aromatic rings. The molecule has 6 aliphatic heterocycles. The molecular weight excluding hydrogens is 1550 g/mol. The fraction of sp³-hybridized carbons (Fsp3) is 0.526. The van der Waals surface area contributed by atoms with Crippen LogP contribution in [0.2, 0.25) is 0 Å². The summed E-state index contributed by atoms with van der Waals surface area (Å²) in [7, 11) is 6.09.